The fourth-order valence-electron chi connectivity index (χ4n) is 2.69. The first kappa shape index (κ1) is 13.6. The molecule has 20 heavy (non-hydrogen) atoms. The molecule has 2 atom stereocenters. The maximum atomic E-state index is 6.06. The second-order valence-electron chi connectivity index (χ2n) is 5.21. The number of rotatable bonds is 3. The van der Waals surface area contributed by atoms with Crippen molar-refractivity contribution in [3.63, 3.8) is 0 Å². The molecule has 0 aromatic heterocycles. The summed E-state index contributed by atoms with van der Waals surface area (Å²) in [6.07, 6.45) is 0. The number of benzene rings is 2. The lowest BCUT2D eigenvalue weighted by atomic mass is 9.97. The first-order chi connectivity index (χ1) is 9.74. The summed E-state index contributed by atoms with van der Waals surface area (Å²) in [6, 6.07) is 16.9. The summed E-state index contributed by atoms with van der Waals surface area (Å²) in [4.78, 5) is 0. The van der Waals surface area contributed by atoms with Gasteiger partial charge >= 0.3 is 0 Å². The second-order valence-corrected chi connectivity index (χ2v) is 5.65. The molecule has 1 N–H and O–H groups in total. The van der Waals surface area contributed by atoms with Crippen molar-refractivity contribution in [2.24, 2.45) is 0 Å². The molecule has 0 radical (unpaired) electrons. The minimum Gasteiger partial charge on any atom is -0.375 e. The maximum Gasteiger partial charge on any atom is 0.0721 e. The smallest absolute Gasteiger partial charge is 0.0721 e. The molecule has 2 aromatic rings. The van der Waals surface area contributed by atoms with E-state index >= 15 is 0 Å². The van der Waals surface area contributed by atoms with Crippen molar-refractivity contribution in [3.8, 4) is 0 Å². The van der Waals surface area contributed by atoms with Gasteiger partial charge in [0.1, 0.15) is 0 Å². The molecule has 1 aliphatic heterocycles. The van der Waals surface area contributed by atoms with E-state index in [0.29, 0.717) is 13.2 Å². The Labute approximate surface area is 124 Å². The second kappa shape index (κ2) is 5.96. The van der Waals surface area contributed by atoms with Gasteiger partial charge in [-0.15, -0.1) is 0 Å². The highest BCUT2D eigenvalue weighted by atomic mass is 35.5. The van der Waals surface area contributed by atoms with Gasteiger partial charge in [-0.2, -0.15) is 0 Å². The molecule has 0 amide bonds. The number of nitrogens with one attached hydrogen (secondary N) is 1. The molecule has 0 saturated heterocycles. The van der Waals surface area contributed by atoms with Gasteiger partial charge in [0.2, 0.25) is 0 Å². The van der Waals surface area contributed by atoms with Crippen LogP contribution in [0.5, 0.6) is 0 Å². The van der Waals surface area contributed by atoms with Crippen molar-refractivity contribution >= 4 is 11.6 Å². The number of hydrogen-bond donors (Lipinski definition) is 1. The molecule has 3 rings (SSSR count). The Balaban J connectivity index is 1.79. The lowest BCUT2D eigenvalue weighted by Gasteiger charge is -2.29. The number of ether oxygens (including phenoxy) is 1. The van der Waals surface area contributed by atoms with Gasteiger partial charge in [-0.1, -0.05) is 48.0 Å². The Morgan fingerprint density at radius 3 is 2.90 bits per heavy atom. The van der Waals surface area contributed by atoms with E-state index in [9.17, 15) is 0 Å². The van der Waals surface area contributed by atoms with E-state index in [4.69, 9.17) is 16.3 Å². The Kier molecular flexibility index (Phi) is 4.06. The van der Waals surface area contributed by atoms with Gasteiger partial charge in [-0.05, 0) is 35.7 Å². The molecule has 2 nitrogen and oxygen atoms in total. The highest BCUT2D eigenvalue weighted by Gasteiger charge is 2.22. The molecular weight excluding hydrogens is 270 g/mol. The van der Waals surface area contributed by atoms with Crippen LogP contribution in [-0.4, -0.2) is 6.61 Å². The van der Waals surface area contributed by atoms with Crippen LogP contribution in [0.3, 0.4) is 0 Å². The summed E-state index contributed by atoms with van der Waals surface area (Å²) in [7, 11) is 0. The molecule has 1 unspecified atom stereocenters. The van der Waals surface area contributed by atoms with Crippen LogP contribution in [0.4, 0.5) is 0 Å². The van der Waals surface area contributed by atoms with E-state index < -0.39 is 0 Å². The van der Waals surface area contributed by atoms with Crippen molar-refractivity contribution < 1.29 is 4.74 Å². The Morgan fingerprint density at radius 2 is 2.05 bits per heavy atom. The van der Waals surface area contributed by atoms with E-state index in [-0.39, 0.29) is 12.1 Å². The molecule has 0 spiro atoms. The standard InChI is InChI=1S/C17H18ClNO/c1-12(13-6-4-7-15(18)9-13)19-17-11-20-10-14-5-2-3-8-16(14)17/h2-9,12,17,19H,10-11H2,1H3/t12-,17?/m1/s1. The van der Waals surface area contributed by atoms with Gasteiger partial charge in [0.05, 0.1) is 19.3 Å². The summed E-state index contributed by atoms with van der Waals surface area (Å²) in [5.41, 5.74) is 3.81. The molecular formula is C17H18ClNO. The van der Waals surface area contributed by atoms with Crippen LogP contribution >= 0.6 is 11.6 Å². The van der Waals surface area contributed by atoms with Crippen LogP contribution in [0, 0.1) is 0 Å². The van der Waals surface area contributed by atoms with E-state index in [1.807, 2.05) is 18.2 Å². The molecule has 104 valence electrons. The molecule has 1 aliphatic rings. The molecule has 0 aliphatic carbocycles. The van der Waals surface area contributed by atoms with Gasteiger partial charge in [0.15, 0.2) is 0 Å². The predicted molar refractivity (Wildman–Crippen MR) is 81.8 cm³/mol. The zero-order valence-corrected chi connectivity index (χ0v) is 12.2. The average Bonchev–Trinajstić information content (AvgIpc) is 2.47. The third-order valence-electron chi connectivity index (χ3n) is 3.77. The Morgan fingerprint density at radius 1 is 1.20 bits per heavy atom. The summed E-state index contributed by atoms with van der Waals surface area (Å²) in [5.74, 6) is 0. The highest BCUT2D eigenvalue weighted by Crippen LogP contribution is 2.27. The van der Waals surface area contributed by atoms with Crippen LogP contribution in [-0.2, 0) is 11.3 Å². The summed E-state index contributed by atoms with van der Waals surface area (Å²) in [5, 5.41) is 4.41. The van der Waals surface area contributed by atoms with E-state index in [1.54, 1.807) is 0 Å². The molecule has 0 saturated carbocycles. The molecule has 3 heteroatoms. The van der Waals surface area contributed by atoms with E-state index in [2.05, 4.69) is 42.6 Å². The number of halogens is 1. The van der Waals surface area contributed by atoms with Crippen LogP contribution < -0.4 is 5.32 Å². The SMILES string of the molecule is C[C@@H](NC1COCc2ccccc21)c1cccc(Cl)c1. The topological polar surface area (TPSA) is 21.3 Å². The van der Waals surface area contributed by atoms with Crippen molar-refractivity contribution in [3.05, 3.63) is 70.2 Å². The zero-order chi connectivity index (χ0) is 13.9. The summed E-state index contributed by atoms with van der Waals surface area (Å²) >= 11 is 6.06. The number of hydrogen-bond acceptors (Lipinski definition) is 2. The van der Waals surface area contributed by atoms with Crippen LogP contribution in [0.2, 0.25) is 5.02 Å². The van der Waals surface area contributed by atoms with Gasteiger partial charge in [0.25, 0.3) is 0 Å². The first-order valence-corrected chi connectivity index (χ1v) is 7.29. The molecule has 2 aromatic carbocycles. The Bertz CT molecular complexity index is 599. The predicted octanol–water partition coefficient (Wildman–Crippen LogP) is 4.26. The fraction of sp³-hybridized carbons (Fsp3) is 0.294. The molecule has 0 fully saturated rings. The minimum atomic E-state index is 0.230. The highest BCUT2D eigenvalue weighted by molar-refractivity contribution is 6.30. The summed E-state index contributed by atoms with van der Waals surface area (Å²) < 4.78 is 5.68. The van der Waals surface area contributed by atoms with Crippen molar-refractivity contribution in [2.45, 2.75) is 25.6 Å². The van der Waals surface area contributed by atoms with Crippen molar-refractivity contribution in [2.75, 3.05) is 6.61 Å². The quantitative estimate of drug-likeness (QED) is 0.911. The van der Waals surface area contributed by atoms with Crippen molar-refractivity contribution in [1.29, 1.82) is 0 Å². The van der Waals surface area contributed by atoms with Gasteiger partial charge in [-0.25, -0.2) is 0 Å². The van der Waals surface area contributed by atoms with Gasteiger partial charge in [0, 0.05) is 11.1 Å². The minimum absolute atomic E-state index is 0.230. The van der Waals surface area contributed by atoms with Crippen LogP contribution in [0.15, 0.2) is 48.5 Å². The van der Waals surface area contributed by atoms with Gasteiger partial charge < -0.3 is 10.1 Å². The van der Waals surface area contributed by atoms with Crippen LogP contribution in [0.1, 0.15) is 35.7 Å². The third kappa shape index (κ3) is 2.88. The van der Waals surface area contributed by atoms with Crippen molar-refractivity contribution in [1.82, 2.24) is 5.32 Å². The van der Waals surface area contributed by atoms with E-state index in [0.717, 1.165) is 5.02 Å². The lowest BCUT2D eigenvalue weighted by molar-refractivity contribution is 0.0791. The molecule has 1 heterocycles. The largest absolute Gasteiger partial charge is 0.375 e. The normalized spacial score (nSPS) is 19.4. The number of fused-ring (bicyclic) bond motifs is 1. The monoisotopic (exact) mass is 287 g/mol. The maximum absolute atomic E-state index is 6.06. The Hall–Kier alpha value is -1.35. The van der Waals surface area contributed by atoms with E-state index in [1.165, 1.54) is 16.7 Å². The first-order valence-electron chi connectivity index (χ1n) is 6.91. The summed E-state index contributed by atoms with van der Waals surface area (Å²) in [6.45, 7) is 3.57. The molecule has 0 bridgehead atoms. The van der Waals surface area contributed by atoms with Crippen LogP contribution in [0.25, 0.3) is 0 Å². The third-order valence-corrected chi connectivity index (χ3v) is 4.01. The average molecular weight is 288 g/mol. The fourth-order valence-corrected chi connectivity index (χ4v) is 2.89. The lowest BCUT2D eigenvalue weighted by Crippen LogP contribution is -2.31. The zero-order valence-electron chi connectivity index (χ0n) is 11.5. The van der Waals surface area contributed by atoms with Gasteiger partial charge in [-0.3, -0.25) is 0 Å².